The number of nitrogens with zero attached hydrogens (tertiary/aromatic N) is 5. The number of aldehydes is 1. The maximum Gasteiger partial charge on any atom is 0.135 e. The minimum absolute atomic E-state index is 0.247. The second kappa shape index (κ2) is 11.7. The molecule has 0 bridgehead atoms. The van der Waals surface area contributed by atoms with Crippen LogP contribution in [-0.4, -0.2) is 51.3 Å². The number of carbonyl (C=O) groups is 1. The van der Waals surface area contributed by atoms with E-state index in [1.165, 1.54) is 19.1 Å². The second-order valence-corrected chi connectivity index (χ2v) is 9.16. The van der Waals surface area contributed by atoms with Crippen LogP contribution in [0.15, 0.2) is 60.4 Å². The Morgan fingerprint density at radius 3 is 2.74 bits per heavy atom. The molecule has 0 radical (unpaired) electrons. The third-order valence-electron chi connectivity index (χ3n) is 5.54. The topological polar surface area (TPSA) is 83.9 Å². The van der Waals surface area contributed by atoms with E-state index in [1.807, 2.05) is 29.9 Å². The highest BCUT2D eigenvalue weighted by atomic mass is 32.1. The Balaban J connectivity index is 0.000000917. The van der Waals surface area contributed by atoms with Crippen LogP contribution in [0.25, 0.3) is 21.8 Å². The van der Waals surface area contributed by atoms with Gasteiger partial charge in [0.05, 0.1) is 5.69 Å². The van der Waals surface area contributed by atoms with Gasteiger partial charge in [0.25, 0.3) is 0 Å². The summed E-state index contributed by atoms with van der Waals surface area (Å²) in [5.41, 5.74) is 3.28. The molecule has 180 valence electrons. The zero-order chi connectivity index (χ0) is 24.6. The second-order valence-electron chi connectivity index (χ2n) is 8.27. The summed E-state index contributed by atoms with van der Waals surface area (Å²) in [6.45, 7) is 3.45. The molecular formula is C26H27FN6OS. The van der Waals surface area contributed by atoms with Crippen LogP contribution in [0.4, 0.5) is 15.9 Å². The molecule has 0 spiro atoms. The van der Waals surface area contributed by atoms with Gasteiger partial charge in [-0.05, 0) is 57.6 Å². The molecular weight excluding hydrogens is 463 g/mol. The molecule has 4 aromatic rings. The number of rotatable bonds is 5. The number of carbonyl (C=O) groups excluding carboxylic acids is 1. The number of halogens is 1. The van der Waals surface area contributed by atoms with Gasteiger partial charge in [-0.15, -0.1) is 11.3 Å². The van der Waals surface area contributed by atoms with E-state index >= 15 is 0 Å². The van der Waals surface area contributed by atoms with E-state index in [1.54, 1.807) is 23.6 Å². The van der Waals surface area contributed by atoms with Crippen LogP contribution in [0.5, 0.6) is 0 Å². The number of piperidine rings is 1. The van der Waals surface area contributed by atoms with E-state index in [9.17, 15) is 4.39 Å². The summed E-state index contributed by atoms with van der Waals surface area (Å²) in [5.74, 6) is 1.40. The number of nitrogens with one attached hydrogen (secondary N) is 1. The number of aromatic nitrogens is 4. The standard InChI is InChI=1S/C24H23FN6S.C2H4O/c1-31-8-3-4-16(15-31)23-29-21(12-22(30-23)28-20-6-2-5-19(25)11-20)17-10-18(14-26-13-17)24-27-7-9-32-24;1-2-3/h2,5-7,9-14,16H,3-4,8,15H2,1H3,(H,28,29,30);2H,1H3. The van der Waals surface area contributed by atoms with Crippen molar-refractivity contribution < 1.29 is 9.18 Å². The van der Waals surface area contributed by atoms with Gasteiger partial charge >= 0.3 is 0 Å². The van der Waals surface area contributed by atoms with Gasteiger partial charge in [0, 0.05) is 59.3 Å². The third kappa shape index (κ3) is 6.52. The van der Waals surface area contributed by atoms with Crippen molar-refractivity contribution in [3.8, 4) is 21.8 Å². The minimum atomic E-state index is -0.293. The molecule has 1 N–H and O–H groups in total. The highest BCUT2D eigenvalue weighted by Gasteiger charge is 2.23. The summed E-state index contributed by atoms with van der Waals surface area (Å²) in [6, 6.07) is 10.3. The number of pyridine rings is 1. The molecule has 3 aromatic heterocycles. The summed E-state index contributed by atoms with van der Waals surface area (Å²) >= 11 is 1.58. The van der Waals surface area contributed by atoms with Crippen molar-refractivity contribution >= 4 is 29.1 Å². The number of thiazole rings is 1. The summed E-state index contributed by atoms with van der Waals surface area (Å²) in [5, 5.41) is 6.12. The maximum atomic E-state index is 13.7. The Bertz CT molecular complexity index is 1270. The molecule has 1 atom stereocenters. The SMILES string of the molecule is CC=O.CN1CCCC(c2nc(Nc3cccc(F)c3)cc(-c3cncc(-c4nccs4)c3)n2)C1. The van der Waals surface area contributed by atoms with Gasteiger partial charge in [0.2, 0.25) is 0 Å². The number of anilines is 2. The average molecular weight is 491 g/mol. The fourth-order valence-corrected chi connectivity index (χ4v) is 4.63. The van der Waals surface area contributed by atoms with E-state index in [0.717, 1.165) is 59.9 Å². The third-order valence-corrected chi connectivity index (χ3v) is 6.37. The molecule has 0 amide bonds. The quantitative estimate of drug-likeness (QED) is 0.367. The van der Waals surface area contributed by atoms with E-state index in [-0.39, 0.29) is 11.7 Å². The predicted molar refractivity (Wildman–Crippen MR) is 137 cm³/mol. The highest BCUT2D eigenvalue weighted by molar-refractivity contribution is 7.13. The first-order valence-electron chi connectivity index (χ1n) is 11.4. The van der Waals surface area contributed by atoms with Gasteiger partial charge in [0.1, 0.15) is 28.8 Å². The first-order chi connectivity index (χ1) is 17.1. The lowest BCUT2D eigenvalue weighted by Gasteiger charge is -2.29. The highest BCUT2D eigenvalue weighted by Crippen LogP contribution is 2.30. The van der Waals surface area contributed by atoms with Crippen LogP contribution in [0.2, 0.25) is 0 Å². The van der Waals surface area contributed by atoms with Gasteiger partial charge in [-0.3, -0.25) is 4.98 Å². The lowest BCUT2D eigenvalue weighted by Crippen LogP contribution is -2.31. The lowest BCUT2D eigenvalue weighted by molar-refractivity contribution is -0.106. The Kier molecular flexibility index (Phi) is 8.23. The van der Waals surface area contributed by atoms with Crippen molar-refractivity contribution in [2.75, 3.05) is 25.5 Å². The molecule has 1 saturated heterocycles. The largest absolute Gasteiger partial charge is 0.340 e. The Morgan fingerprint density at radius 1 is 1.17 bits per heavy atom. The first kappa shape index (κ1) is 24.6. The molecule has 4 heterocycles. The summed E-state index contributed by atoms with van der Waals surface area (Å²) < 4.78 is 13.7. The van der Waals surface area contributed by atoms with Crippen molar-refractivity contribution in [2.45, 2.75) is 25.7 Å². The van der Waals surface area contributed by atoms with Gasteiger partial charge in [-0.25, -0.2) is 19.3 Å². The van der Waals surface area contributed by atoms with Crippen LogP contribution >= 0.6 is 11.3 Å². The van der Waals surface area contributed by atoms with Gasteiger partial charge in [-0.1, -0.05) is 6.07 Å². The van der Waals surface area contributed by atoms with Crippen LogP contribution in [-0.2, 0) is 4.79 Å². The van der Waals surface area contributed by atoms with Crippen molar-refractivity contribution in [3.63, 3.8) is 0 Å². The van der Waals surface area contributed by atoms with Crippen molar-refractivity contribution in [1.29, 1.82) is 0 Å². The molecule has 5 rings (SSSR count). The lowest BCUT2D eigenvalue weighted by atomic mass is 9.97. The number of benzene rings is 1. The van der Waals surface area contributed by atoms with E-state index in [4.69, 9.17) is 14.8 Å². The fourth-order valence-electron chi connectivity index (χ4n) is 4.01. The maximum absolute atomic E-state index is 13.7. The van der Waals surface area contributed by atoms with Gasteiger partial charge in [0.15, 0.2) is 0 Å². The number of likely N-dealkylation sites (tertiary alicyclic amines) is 1. The van der Waals surface area contributed by atoms with E-state index in [0.29, 0.717) is 11.5 Å². The minimum Gasteiger partial charge on any atom is -0.340 e. The Morgan fingerprint density at radius 2 is 2.00 bits per heavy atom. The predicted octanol–water partition coefficient (Wildman–Crippen LogP) is 5.56. The normalized spacial score (nSPS) is 15.7. The molecule has 1 aliphatic rings. The zero-order valence-electron chi connectivity index (χ0n) is 19.7. The zero-order valence-corrected chi connectivity index (χ0v) is 20.5. The van der Waals surface area contributed by atoms with Gasteiger partial charge in [-0.2, -0.15) is 0 Å². The van der Waals surface area contributed by atoms with E-state index < -0.39 is 0 Å². The Labute approximate surface area is 208 Å². The number of hydrogen-bond donors (Lipinski definition) is 1. The molecule has 7 nitrogen and oxygen atoms in total. The molecule has 9 heteroatoms. The molecule has 1 unspecified atom stereocenters. The number of likely N-dealkylation sites (N-methyl/N-ethyl adjacent to an activating group) is 1. The van der Waals surface area contributed by atoms with Crippen LogP contribution in [0.3, 0.4) is 0 Å². The first-order valence-corrected chi connectivity index (χ1v) is 12.3. The summed E-state index contributed by atoms with van der Waals surface area (Å²) in [4.78, 5) is 29.7. The van der Waals surface area contributed by atoms with Crippen molar-refractivity contribution in [1.82, 2.24) is 24.8 Å². The van der Waals surface area contributed by atoms with E-state index in [2.05, 4.69) is 33.3 Å². The Hall–Kier alpha value is -3.56. The van der Waals surface area contributed by atoms with Crippen molar-refractivity contribution in [3.05, 3.63) is 72.0 Å². The molecule has 1 aliphatic heterocycles. The fraction of sp³-hybridized carbons (Fsp3) is 0.269. The van der Waals surface area contributed by atoms with Crippen LogP contribution in [0, 0.1) is 5.82 Å². The molecule has 1 fully saturated rings. The van der Waals surface area contributed by atoms with Gasteiger partial charge < -0.3 is 15.0 Å². The number of hydrogen-bond acceptors (Lipinski definition) is 8. The monoisotopic (exact) mass is 490 g/mol. The molecule has 1 aromatic carbocycles. The van der Waals surface area contributed by atoms with Crippen molar-refractivity contribution in [2.24, 2.45) is 0 Å². The molecule has 35 heavy (non-hydrogen) atoms. The smallest absolute Gasteiger partial charge is 0.135 e. The molecule has 0 aliphatic carbocycles. The van der Waals surface area contributed by atoms with Crippen LogP contribution in [0.1, 0.15) is 31.5 Å². The summed E-state index contributed by atoms with van der Waals surface area (Å²) in [7, 11) is 2.13. The van der Waals surface area contributed by atoms with Crippen LogP contribution < -0.4 is 5.32 Å². The summed E-state index contributed by atoms with van der Waals surface area (Å²) in [6.07, 6.45) is 8.32. The molecule has 0 saturated carbocycles. The average Bonchev–Trinajstić information content (AvgIpc) is 3.40.